The normalized spacial score (nSPS) is 15.6. The van der Waals surface area contributed by atoms with Crippen LogP contribution in [-0.4, -0.2) is 84.1 Å². The van der Waals surface area contributed by atoms with Crippen molar-refractivity contribution in [2.24, 2.45) is 0 Å². The summed E-state index contributed by atoms with van der Waals surface area (Å²) in [5.41, 5.74) is 4.30. The molecule has 38 heavy (non-hydrogen) atoms. The summed E-state index contributed by atoms with van der Waals surface area (Å²) in [5.74, 6) is -0.406. The molecule has 1 aromatic carbocycles. The van der Waals surface area contributed by atoms with Gasteiger partial charge in [-0.1, -0.05) is 11.6 Å². The van der Waals surface area contributed by atoms with E-state index in [4.69, 9.17) is 16.6 Å². The average molecular weight is 540 g/mol. The number of imidazole rings is 1. The Kier molecular flexibility index (Phi) is 9.72. The number of ether oxygens (including phenoxy) is 1. The van der Waals surface area contributed by atoms with E-state index in [0.29, 0.717) is 39.6 Å². The fraction of sp³-hybridized carbons (Fsp3) is 0.333. The molecule has 1 atom stereocenters. The van der Waals surface area contributed by atoms with Crippen molar-refractivity contribution in [1.29, 1.82) is 0 Å². The van der Waals surface area contributed by atoms with E-state index < -0.39 is 5.82 Å². The smallest absolute Gasteiger partial charge is 0.132 e. The second-order valence-corrected chi connectivity index (χ2v) is 9.28. The van der Waals surface area contributed by atoms with E-state index in [0.717, 1.165) is 50.2 Å². The van der Waals surface area contributed by atoms with E-state index in [9.17, 15) is 9.18 Å². The van der Waals surface area contributed by atoms with Gasteiger partial charge in [0.15, 0.2) is 0 Å². The molecule has 200 valence electrons. The van der Waals surface area contributed by atoms with Crippen molar-refractivity contribution in [3.63, 3.8) is 0 Å². The summed E-state index contributed by atoms with van der Waals surface area (Å²) in [6.07, 6.45) is 4.82. The number of anilines is 1. The van der Waals surface area contributed by atoms with Crippen molar-refractivity contribution < 1.29 is 13.9 Å². The monoisotopic (exact) mass is 539 g/mol. The summed E-state index contributed by atoms with van der Waals surface area (Å²) < 4.78 is 18.7. The zero-order valence-corrected chi connectivity index (χ0v) is 22.1. The van der Waals surface area contributed by atoms with Crippen LogP contribution in [0.5, 0.6) is 0 Å². The van der Waals surface area contributed by atoms with Crippen molar-refractivity contribution in [2.75, 3.05) is 52.3 Å². The lowest BCUT2D eigenvalue weighted by molar-refractivity contribution is -0.109. The maximum absolute atomic E-state index is 14.5. The molecule has 1 unspecified atom stereocenters. The predicted molar refractivity (Wildman–Crippen MR) is 148 cm³/mol. The van der Waals surface area contributed by atoms with Gasteiger partial charge in [-0.2, -0.15) is 0 Å². The molecule has 3 aromatic heterocycles. The molecule has 0 saturated carbocycles. The van der Waals surface area contributed by atoms with Crippen LogP contribution in [-0.2, 0) is 9.53 Å². The van der Waals surface area contributed by atoms with Gasteiger partial charge in [-0.05, 0) is 36.4 Å². The number of hydrogen-bond acceptors (Lipinski definition) is 8. The fourth-order valence-corrected chi connectivity index (χ4v) is 4.57. The second-order valence-electron chi connectivity index (χ2n) is 8.84. The van der Waals surface area contributed by atoms with E-state index in [1.54, 1.807) is 26.5 Å². The molecule has 1 aliphatic heterocycles. The van der Waals surface area contributed by atoms with Gasteiger partial charge in [-0.15, -0.1) is 0 Å². The van der Waals surface area contributed by atoms with E-state index in [1.165, 1.54) is 18.5 Å². The Morgan fingerprint density at radius 3 is 2.87 bits per heavy atom. The molecule has 11 heteroatoms. The number of halogens is 2. The van der Waals surface area contributed by atoms with Gasteiger partial charge in [-0.25, -0.2) is 14.4 Å². The van der Waals surface area contributed by atoms with E-state index in [2.05, 4.69) is 35.2 Å². The van der Waals surface area contributed by atoms with Gasteiger partial charge >= 0.3 is 0 Å². The Morgan fingerprint density at radius 2 is 2.05 bits per heavy atom. The van der Waals surface area contributed by atoms with Crippen LogP contribution in [0.1, 0.15) is 6.42 Å². The highest BCUT2D eigenvalue weighted by molar-refractivity contribution is 6.30. The van der Waals surface area contributed by atoms with Crippen LogP contribution in [0.25, 0.3) is 33.7 Å². The first kappa shape index (κ1) is 27.6. The number of benzene rings is 1. The van der Waals surface area contributed by atoms with Gasteiger partial charge in [0, 0.05) is 70.0 Å². The third-order valence-corrected chi connectivity index (χ3v) is 6.42. The van der Waals surface area contributed by atoms with Crippen molar-refractivity contribution in [1.82, 2.24) is 30.2 Å². The fourth-order valence-electron chi connectivity index (χ4n) is 4.40. The van der Waals surface area contributed by atoms with E-state index in [1.807, 2.05) is 18.2 Å². The van der Waals surface area contributed by atoms with Gasteiger partial charge in [0.1, 0.15) is 17.8 Å². The molecule has 5 rings (SSSR count). The number of H-pyrrole nitrogens is 1. The Morgan fingerprint density at radius 1 is 1.21 bits per heavy atom. The zero-order valence-electron chi connectivity index (χ0n) is 21.4. The number of aromatic amines is 1. The average Bonchev–Trinajstić information content (AvgIpc) is 3.41. The highest BCUT2D eigenvalue weighted by atomic mass is 35.5. The number of piperazine rings is 1. The summed E-state index contributed by atoms with van der Waals surface area (Å²) in [7, 11) is 3.25. The number of aldehydes is 1. The highest BCUT2D eigenvalue weighted by Crippen LogP contribution is 2.32. The Hall–Kier alpha value is -3.44. The second kappa shape index (κ2) is 13.4. The SMILES string of the molecule is COC.O=CCC1CNCCN1CCNc1cnc2ccc(-c3[nH]cnc3-c3cc(Cl)ccc3F)nc2c1. The minimum atomic E-state index is -0.406. The van der Waals surface area contributed by atoms with Gasteiger partial charge < -0.3 is 25.1 Å². The van der Waals surface area contributed by atoms with E-state index >= 15 is 0 Å². The predicted octanol–water partition coefficient (Wildman–Crippen LogP) is 4.02. The molecule has 0 aliphatic carbocycles. The van der Waals surface area contributed by atoms with Crippen molar-refractivity contribution in [2.45, 2.75) is 12.5 Å². The molecule has 3 N–H and O–H groups in total. The quantitative estimate of drug-likeness (QED) is 0.288. The number of carbonyl (C=O) groups is 1. The van der Waals surface area contributed by atoms with Crippen LogP contribution in [0.4, 0.5) is 10.1 Å². The van der Waals surface area contributed by atoms with Crippen LogP contribution in [0.15, 0.2) is 48.9 Å². The summed E-state index contributed by atoms with van der Waals surface area (Å²) in [5, 5.41) is 7.19. The number of fused-ring (bicyclic) bond motifs is 1. The van der Waals surface area contributed by atoms with Crippen molar-refractivity contribution in [3.05, 3.63) is 59.8 Å². The molecule has 1 fully saturated rings. The molecule has 0 bridgehead atoms. The van der Waals surface area contributed by atoms with Crippen molar-refractivity contribution >= 4 is 34.6 Å². The first-order valence-electron chi connectivity index (χ1n) is 12.3. The van der Waals surface area contributed by atoms with Crippen LogP contribution in [0.3, 0.4) is 0 Å². The largest absolute Gasteiger partial charge is 0.388 e. The number of nitrogens with zero attached hydrogens (tertiary/aromatic N) is 4. The Labute approximate surface area is 225 Å². The molecule has 1 aliphatic rings. The third-order valence-electron chi connectivity index (χ3n) is 6.18. The number of aromatic nitrogens is 4. The topological polar surface area (TPSA) is 108 Å². The Balaban J connectivity index is 0.00000107. The van der Waals surface area contributed by atoms with Crippen LogP contribution >= 0.6 is 11.6 Å². The van der Waals surface area contributed by atoms with E-state index in [-0.39, 0.29) is 6.04 Å². The number of pyridine rings is 2. The molecular weight excluding hydrogens is 509 g/mol. The molecule has 4 heterocycles. The standard InChI is InChI=1S/C25H25ClFN7O.C2H6O/c26-16-1-2-20(27)19(11-16)24-25(32-15-31-24)22-4-3-21-23(33-22)12-17(13-30-21)29-7-9-34-8-6-28-14-18(34)5-10-35;1-3-2/h1-4,10-13,15,18,28-29H,5-9,14H2,(H,31,32);1-2H3. The summed E-state index contributed by atoms with van der Waals surface area (Å²) in [6, 6.07) is 10.3. The van der Waals surface area contributed by atoms with Gasteiger partial charge in [0.2, 0.25) is 0 Å². The van der Waals surface area contributed by atoms with Gasteiger partial charge in [0.25, 0.3) is 0 Å². The van der Waals surface area contributed by atoms with Crippen LogP contribution in [0.2, 0.25) is 5.02 Å². The molecule has 9 nitrogen and oxygen atoms in total. The summed E-state index contributed by atoms with van der Waals surface area (Å²) in [4.78, 5) is 30.0. The third kappa shape index (κ3) is 6.70. The van der Waals surface area contributed by atoms with Gasteiger partial charge in [0.05, 0.1) is 40.6 Å². The molecular formula is C27H31ClFN7O2. The Bertz CT molecular complexity index is 1370. The lowest BCUT2D eigenvalue weighted by Gasteiger charge is -2.35. The minimum absolute atomic E-state index is 0.231. The number of carbonyl (C=O) groups excluding carboxylic acids is 1. The first-order valence-corrected chi connectivity index (χ1v) is 12.7. The number of methoxy groups -OCH3 is 1. The highest BCUT2D eigenvalue weighted by Gasteiger charge is 2.21. The maximum atomic E-state index is 14.5. The lowest BCUT2D eigenvalue weighted by Crippen LogP contribution is -2.52. The number of rotatable bonds is 8. The molecule has 0 spiro atoms. The lowest BCUT2D eigenvalue weighted by atomic mass is 10.1. The molecule has 0 radical (unpaired) electrons. The summed E-state index contributed by atoms with van der Waals surface area (Å²) in [6.45, 7) is 4.22. The summed E-state index contributed by atoms with van der Waals surface area (Å²) >= 11 is 6.09. The molecule has 4 aromatic rings. The van der Waals surface area contributed by atoms with Crippen molar-refractivity contribution in [3.8, 4) is 22.6 Å². The number of hydrogen-bond donors (Lipinski definition) is 3. The molecule has 1 saturated heterocycles. The minimum Gasteiger partial charge on any atom is -0.388 e. The maximum Gasteiger partial charge on any atom is 0.132 e. The van der Waals surface area contributed by atoms with Crippen LogP contribution in [0, 0.1) is 5.82 Å². The number of nitrogens with one attached hydrogen (secondary N) is 3. The zero-order chi connectivity index (χ0) is 26.9. The van der Waals surface area contributed by atoms with Gasteiger partial charge in [-0.3, -0.25) is 9.88 Å². The van der Waals surface area contributed by atoms with Crippen LogP contribution < -0.4 is 10.6 Å². The first-order chi connectivity index (χ1) is 18.5. The molecule has 0 amide bonds.